The first-order valence-electron chi connectivity index (χ1n) is 11.6. The van der Waals surface area contributed by atoms with Crippen molar-refractivity contribution in [2.24, 2.45) is 5.92 Å². The Labute approximate surface area is 194 Å². The lowest BCUT2D eigenvalue weighted by Crippen LogP contribution is -2.19. The fraction of sp³-hybridized carbons (Fsp3) is 0.310. The molecule has 0 amide bonds. The average Bonchev–Trinajstić information content (AvgIpc) is 2.85. The van der Waals surface area contributed by atoms with Gasteiger partial charge < -0.3 is 9.47 Å². The van der Waals surface area contributed by atoms with Crippen LogP contribution in [0.5, 0.6) is 11.5 Å². The molecule has 2 nitrogen and oxygen atoms in total. The summed E-state index contributed by atoms with van der Waals surface area (Å²) in [5.41, 5.74) is 5.10. The third-order valence-corrected chi connectivity index (χ3v) is 6.43. The van der Waals surface area contributed by atoms with Gasteiger partial charge >= 0.3 is 0 Å². The Morgan fingerprint density at radius 1 is 0.788 bits per heavy atom. The van der Waals surface area contributed by atoms with E-state index in [0.29, 0.717) is 18.4 Å². The lowest BCUT2D eigenvalue weighted by molar-refractivity contribution is 0.192. The molecule has 33 heavy (non-hydrogen) atoms. The van der Waals surface area contributed by atoms with Crippen LogP contribution in [0.4, 0.5) is 8.78 Å². The van der Waals surface area contributed by atoms with Gasteiger partial charge in [0.1, 0.15) is 0 Å². The molecule has 0 atom stereocenters. The van der Waals surface area contributed by atoms with Gasteiger partial charge in [0.2, 0.25) is 11.6 Å². The van der Waals surface area contributed by atoms with E-state index in [1.54, 1.807) is 13.0 Å². The predicted molar refractivity (Wildman–Crippen MR) is 129 cm³/mol. The molecule has 3 aromatic carbocycles. The number of aryl methyl sites for hydroxylation is 1. The van der Waals surface area contributed by atoms with Crippen LogP contribution in [-0.4, -0.2) is 6.61 Å². The van der Waals surface area contributed by atoms with Crippen LogP contribution in [0.2, 0.25) is 0 Å². The summed E-state index contributed by atoms with van der Waals surface area (Å²) in [7, 11) is 0. The molecule has 1 aliphatic carbocycles. The third kappa shape index (κ3) is 5.62. The molecule has 0 saturated heterocycles. The molecular weight excluding hydrogens is 418 g/mol. The molecule has 0 unspecified atom stereocenters. The first kappa shape index (κ1) is 23.0. The molecule has 0 radical (unpaired) electrons. The molecule has 0 N–H and O–H groups in total. The van der Waals surface area contributed by atoms with Crippen LogP contribution in [0.3, 0.4) is 0 Å². The maximum atomic E-state index is 14.3. The summed E-state index contributed by atoms with van der Waals surface area (Å²) in [6.07, 6.45) is 7.09. The first-order valence-corrected chi connectivity index (χ1v) is 11.6. The smallest absolute Gasteiger partial charge is 0.205 e. The Balaban J connectivity index is 1.29. The van der Waals surface area contributed by atoms with Gasteiger partial charge in [-0.2, -0.15) is 8.78 Å². The molecule has 1 aliphatic rings. The van der Waals surface area contributed by atoms with E-state index in [1.807, 2.05) is 0 Å². The van der Waals surface area contributed by atoms with E-state index in [9.17, 15) is 8.78 Å². The number of benzene rings is 3. The quantitative estimate of drug-likeness (QED) is 0.339. The average molecular weight is 449 g/mol. The summed E-state index contributed by atoms with van der Waals surface area (Å²) < 4.78 is 39.1. The third-order valence-electron chi connectivity index (χ3n) is 6.43. The molecule has 1 fully saturated rings. The van der Waals surface area contributed by atoms with Gasteiger partial charge in [-0.3, -0.25) is 0 Å². The second kappa shape index (κ2) is 10.7. The summed E-state index contributed by atoms with van der Waals surface area (Å²) in [4.78, 5) is 0. The van der Waals surface area contributed by atoms with E-state index in [0.717, 1.165) is 25.7 Å². The summed E-state index contributed by atoms with van der Waals surface area (Å²) in [5.74, 6) is -1.36. The highest BCUT2D eigenvalue weighted by molar-refractivity contribution is 5.64. The fourth-order valence-electron chi connectivity index (χ4n) is 4.42. The normalized spacial score (nSPS) is 18.4. The van der Waals surface area contributed by atoms with Gasteiger partial charge in [-0.1, -0.05) is 60.2 Å². The second-order valence-corrected chi connectivity index (χ2v) is 8.79. The number of rotatable bonds is 7. The fourth-order valence-corrected chi connectivity index (χ4v) is 4.42. The molecule has 0 aromatic heterocycles. The van der Waals surface area contributed by atoms with E-state index in [-0.39, 0.29) is 11.5 Å². The number of allylic oxidation sites excluding steroid dienone is 1. The van der Waals surface area contributed by atoms with Crippen molar-refractivity contribution in [3.05, 3.63) is 95.8 Å². The number of halogens is 2. The summed E-state index contributed by atoms with van der Waals surface area (Å²) in [5, 5.41) is 0. The minimum absolute atomic E-state index is 0.0610. The molecule has 0 heterocycles. The minimum atomic E-state index is -1.02. The monoisotopic (exact) mass is 448 g/mol. The minimum Gasteiger partial charge on any atom is -0.490 e. The van der Waals surface area contributed by atoms with Gasteiger partial charge in [-0.05, 0) is 80.2 Å². The molecule has 4 rings (SSSR count). The second-order valence-electron chi connectivity index (χ2n) is 8.79. The van der Waals surface area contributed by atoms with E-state index in [2.05, 4.69) is 55.5 Å². The van der Waals surface area contributed by atoms with Crippen molar-refractivity contribution >= 4 is 0 Å². The van der Waals surface area contributed by atoms with Crippen molar-refractivity contribution in [2.75, 3.05) is 6.61 Å². The molecule has 0 bridgehead atoms. The van der Waals surface area contributed by atoms with Gasteiger partial charge in [-0.15, -0.1) is 0 Å². The van der Waals surface area contributed by atoms with Crippen LogP contribution in [0.25, 0.3) is 11.1 Å². The van der Waals surface area contributed by atoms with Crippen LogP contribution in [-0.2, 0) is 0 Å². The molecule has 172 valence electrons. The maximum absolute atomic E-state index is 14.3. The molecular formula is C29H30F2O2. The SMILES string of the molecule is C/C=C/Oc1ccc(OCC2CCC(c3ccc(-c4ccc(C)cc4)cc3)CC2)c(F)c1F. The first-order chi connectivity index (χ1) is 16.0. The zero-order valence-corrected chi connectivity index (χ0v) is 19.2. The van der Waals surface area contributed by atoms with Crippen molar-refractivity contribution in [1.29, 1.82) is 0 Å². The van der Waals surface area contributed by atoms with Crippen molar-refractivity contribution in [2.45, 2.75) is 45.4 Å². The van der Waals surface area contributed by atoms with Gasteiger partial charge in [0.25, 0.3) is 0 Å². The van der Waals surface area contributed by atoms with Gasteiger partial charge in [0.15, 0.2) is 11.5 Å². The Morgan fingerprint density at radius 3 is 2.00 bits per heavy atom. The van der Waals surface area contributed by atoms with Crippen molar-refractivity contribution in [3.8, 4) is 22.6 Å². The maximum Gasteiger partial charge on any atom is 0.205 e. The van der Waals surface area contributed by atoms with Crippen LogP contribution in [0.1, 0.15) is 49.7 Å². The Morgan fingerprint density at radius 2 is 1.36 bits per heavy atom. The Kier molecular flexibility index (Phi) is 7.43. The van der Waals surface area contributed by atoms with Crippen LogP contribution >= 0.6 is 0 Å². The van der Waals surface area contributed by atoms with Crippen molar-refractivity contribution in [1.82, 2.24) is 0 Å². The van der Waals surface area contributed by atoms with E-state index in [4.69, 9.17) is 9.47 Å². The number of ether oxygens (including phenoxy) is 2. The highest BCUT2D eigenvalue weighted by Crippen LogP contribution is 2.37. The van der Waals surface area contributed by atoms with E-state index in [1.165, 1.54) is 40.6 Å². The molecule has 4 heteroatoms. The Bertz CT molecular complexity index is 1080. The van der Waals surface area contributed by atoms with Crippen molar-refractivity contribution < 1.29 is 18.3 Å². The lowest BCUT2D eigenvalue weighted by Gasteiger charge is -2.29. The number of hydrogen-bond donors (Lipinski definition) is 0. The van der Waals surface area contributed by atoms with Gasteiger partial charge in [0, 0.05) is 0 Å². The molecule has 0 spiro atoms. The predicted octanol–water partition coefficient (Wildman–Crippen LogP) is 8.21. The summed E-state index contributed by atoms with van der Waals surface area (Å²) >= 11 is 0. The summed E-state index contributed by atoms with van der Waals surface area (Å²) in [6, 6.07) is 20.3. The molecule has 3 aromatic rings. The standard InChI is InChI=1S/C29H30F2O2/c1-3-18-32-26-16-17-27(29(31)28(26)30)33-19-21-6-10-23(11-7-21)25-14-12-24(13-15-25)22-8-4-20(2)5-9-22/h3-5,8-9,12-18,21,23H,6-7,10-11,19H2,1-2H3/b18-3+. The Hall–Kier alpha value is -3.14. The van der Waals surface area contributed by atoms with Crippen LogP contribution < -0.4 is 9.47 Å². The zero-order chi connectivity index (χ0) is 23.2. The highest BCUT2D eigenvalue weighted by Gasteiger charge is 2.24. The van der Waals surface area contributed by atoms with Crippen molar-refractivity contribution in [3.63, 3.8) is 0 Å². The highest BCUT2D eigenvalue weighted by atomic mass is 19.2. The molecule has 0 aliphatic heterocycles. The summed E-state index contributed by atoms with van der Waals surface area (Å²) in [6.45, 7) is 4.23. The zero-order valence-electron chi connectivity index (χ0n) is 19.2. The van der Waals surface area contributed by atoms with Gasteiger partial charge in [0.05, 0.1) is 12.9 Å². The van der Waals surface area contributed by atoms with E-state index < -0.39 is 11.6 Å². The van der Waals surface area contributed by atoms with E-state index >= 15 is 0 Å². The topological polar surface area (TPSA) is 18.5 Å². The largest absolute Gasteiger partial charge is 0.490 e. The van der Waals surface area contributed by atoms with Gasteiger partial charge in [-0.25, -0.2) is 0 Å². The molecule has 1 saturated carbocycles. The number of hydrogen-bond acceptors (Lipinski definition) is 2. The van der Waals surface area contributed by atoms with Crippen LogP contribution in [0, 0.1) is 24.5 Å². The van der Waals surface area contributed by atoms with Crippen LogP contribution in [0.15, 0.2) is 73.0 Å². The lowest BCUT2D eigenvalue weighted by atomic mass is 9.79.